The molecule has 1 aromatic heterocycles. The molecule has 0 spiro atoms. The van der Waals surface area contributed by atoms with Crippen LogP contribution in [0.25, 0.3) is 5.69 Å². The summed E-state index contributed by atoms with van der Waals surface area (Å²) in [6.45, 7) is 4.56. The SMILES string of the molecule is Cc1cc(OCC(=O)N2CCc3[nH]n(-c4ccccc4)c(=O)c3C2)cc(C)c1Cl. The predicted molar refractivity (Wildman–Crippen MR) is 112 cm³/mol. The van der Waals surface area contributed by atoms with Gasteiger partial charge in [0.2, 0.25) is 0 Å². The second-order valence-corrected chi connectivity index (χ2v) is 7.65. The highest BCUT2D eigenvalue weighted by molar-refractivity contribution is 6.32. The Morgan fingerprint density at radius 1 is 1.17 bits per heavy atom. The van der Waals surface area contributed by atoms with Gasteiger partial charge >= 0.3 is 0 Å². The van der Waals surface area contributed by atoms with E-state index in [1.54, 1.807) is 4.90 Å². The van der Waals surface area contributed by atoms with Crippen LogP contribution in [-0.4, -0.2) is 33.7 Å². The molecular weight excluding hydrogens is 390 g/mol. The Balaban J connectivity index is 1.46. The molecule has 0 saturated heterocycles. The Labute approximate surface area is 173 Å². The number of H-pyrrole nitrogens is 1. The maximum Gasteiger partial charge on any atom is 0.276 e. The number of carbonyl (C=O) groups excluding carboxylic acids is 1. The van der Waals surface area contributed by atoms with E-state index < -0.39 is 0 Å². The van der Waals surface area contributed by atoms with Gasteiger partial charge in [0.05, 0.1) is 17.8 Å². The lowest BCUT2D eigenvalue weighted by atomic mass is 10.1. The molecule has 4 rings (SSSR count). The van der Waals surface area contributed by atoms with Crippen molar-refractivity contribution in [2.75, 3.05) is 13.2 Å². The van der Waals surface area contributed by atoms with Crippen LogP contribution in [0.3, 0.4) is 0 Å². The molecule has 0 bridgehead atoms. The molecule has 0 atom stereocenters. The van der Waals surface area contributed by atoms with Gasteiger partial charge in [0.15, 0.2) is 6.61 Å². The van der Waals surface area contributed by atoms with Crippen LogP contribution in [0, 0.1) is 13.8 Å². The Morgan fingerprint density at radius 3 is 2.55 bits per heavy atom. The average molecular weight is 412 g/mol. The zero-order valence-corrected chi connectivity index (χ0v) is 17.1. The molecule has 1 amide bonds. The van der Waals surface area contributed by atoms with Crippen molar-refractivity contribution in [1.29, 1.82) is 0 Å². The van der Waals surface area contributed by atoms with E-state index in [1.165, 1.54) is 4.68 Å². The molecule has 1 N–H and O–H groups in total. The normalized spacial score (nSPS) is 13.3. The average Bonchev–Trinajstić information content (AvgIpc) is 3.06. The summed E-state index contributed by atoms with van der Waals surface area (Å²) in [6.07, 6.45) is 0.606. The van der Waals surface area contributed by atoms with Crippen molar-refractivity contribution in [3.05, 3.63) is 80.2 Å². The first-order valence-electron chi connectivity index (χ1n) is 9.49. The number of aromatic amines is 1. The third-order valence-electron chi connectivity index (χ3n) is 5.19. The number of fused-ring (bicyclic) bond motifs is 1. The summed E-state index contributed by atoms with van der Waals surface area (Å²) < 4.78 is 7.23. The van der Waals surface area contributed by atoms with Gasteiger partial charge < -0.3 is 9.64 Å². The van der Waals surface area contributed by atoms with Crippen molar-refractivity contribution < 1.29 is 9.53 Å². The van der Waals surface area contributed by atoms with E-state index in [2.05, 4.69) is 5.10 Å². The minimum absolute atomic E-state index is 0.0762. The minimum Gasteiger partial charge on any atom is -0.484 e. The standard InChI is InChI=1S/C22H22ClN3O3/c1-14-10-17(11-15(2)21(14)23)29-13-20(27)25-9-8-19-18(12-25)22(28)26(24-19)16-6-4-3-5-7-16/h3-7,10-11,24H,8-9,12-13H2,1-2H3. The lowest BCUT2D eigenvalue weighted by Gasteiger charge is -2.26. The van der Waals surface area contributed by atoms with E-state index in [-0.39, 0.29) is 24.6 Å². The number of hydrogen-bond acceptors (Lipinski definition) is 3. The molecule has 7 heteroatoms. The number of aryl methyl sites for hydroxylation is 2. The summed E-state index contributed by atoms with van der Waals surface area (Å²) in [5.41, 5.74) is 3.99. The molecule has 1 aliphatic heterocycles. The second kappa shape index (κ2) is 7.79. The number of carbonyl (C=O) groups is 1. The number of ether oxygens (including phenoxy) is 1. The second-order valence-electron chi connectivity index (χ2n) is 7.27. The fourth-order valence-corrected chi connectivity index (χ4v) is 3.71. The smallest absolute Gasteiger partial charge is 0.276 e. The molecule has 0 unspecified atom stereocenters. The van der Waals surface area contributed by atoms with Gasteiger partial charge in [-0.25, -0.2) is 4.68 Å². The molecule has 29 heavy (non-hydrogen) atoms. The zero-order chi connectivity index (χ0) is 20.5. The first kappa shape index (κ1) is 19.3. The summed E-state index contributed by atoms with van der Waals surface area (Å²) >= 11 is 6.18. The van der Waals surface area contributed by atoms with Gasteiger partial charge in [-0.2, -0.15) is 0 Å². The summed E-state index contributed by atoms with van der Waals surface area (Å²) in [6, 6.07) is 13.1. The maximum absolute atomic E-state index is 12.8. The van der Waals surface area contributed by atoms with E-state index in [1.807, 2.05) is 56.3 Å². The highest BCUT2D eigenvalue weighted by Crippen LogP contribution is 2.26. The third kappa shape index (κ3) is 3.80. The van der Waals surface area contributed by atoms with E-state index in [0.717, 1.165) is 22.5 Å². The first-order valence-corrected chi connectivity index (χ1v) is 9.87. The fourth-order valence-electron chi connectivity index (χ4n) is 3.60. The number of hydrogen-bond donors (Lipinski definition) is 1. The Hall–Kier alpha value is -2.99. The molecule has 150 valence electrons. The van der Waals surface area contributed by atoms with Gasteiger partial charge in [0.25, 0.3) is 11.5 Å². The predicted octanol–water partition coefficient (Wildman–Crippen LogP) is 3.40. The van der Waals surface area contributed by atoms with E-state index in [4.69, 9.17) is 16.3 Å². The first-order chi connectivity index (χ1) is 13.9. The van der Waals surface area contributed by atoms with Gasteiger partial charge in [0, 0.05) is 23.7 Å². The molecule has 6 nitrogen and oxygen atoms in total. The summed E-state index contributed by atoms with van der Waals surface area (Å²) in [4.78, 5) is 27.1. The number of halogens is 1. The van der Waals surface area contributed by atoms with Gasteiger partial charge in [-0.15, -0.1) is 0 Å². The van der Waals surface area contributed by atoms with Crippen molar-refractivity contribution in [2.24, 2.45) is 0 Å². The monoisotopic (exact) mass is 411 g/mol. The molecule has 0 fully saturated rings. The zero-order valence-electron chi connectivity index (χ0n) is 16.4. The van der Waals surface area contributed by atoms with Crippen LogP contribution in [0.1, 0.15) is 22.4 Å². The van der Waals surface area contributed by atoms with Gasteiger partial charge in [0.1, 0.15) is 5.75 Å². The van der Waals surface area contributed by atoms with Crippen molar-refractivity contribution >= 4 is 17.5 Å². The maximum atomic E-state index is 12.8. The Kier molecular flexibility index (Phi) is 5.20. The Morgan fingerprint density at radius 2 is 1.86 bits per heavy atom. The van der Waals surface area contributed by atoms with Gasteiger partial charge in [-0.1, -0.05) is 29.8 Å². The molecule has 2 aromatic carbocycles. The molecule has 3 aromatic rings. The lowest BCUT2D eigenvalue weighted by Crippen LogP contribution is -2.40. The number of aromatic nitrogens is 2. The number of benzene rings is 2. The van der Waals surface area contributed by atoms with E-state index >= 15 is 0 Å². The lowest BCUT2D eigenvalue weighted by molar-refractivity contribution is -0.134. The quantitative estimate of drug-likeness (QED) is 0.715. The number of amides is 1. The summed E-state index contributed by atoms with van der Waals surface area (Å²) in [5.74, 6) is 0.469. The van der Waals surface area contributed by atoms with Crippen LogP contribution in [0.5, 0.6) is 5.75 Å². The van der Waals surface area contributed by atoms with Crippen molar-refractivity contribution in [3.8, 4) is 11.4 Å². The number of para-hydroxylation sites is 1. The number of rotatable bonds is 4. The minimum atomic E-state index is -0.146. The molecule has 0 aliphatic carbocycles. The van der Waals surface area contributed by atoms with Crippen LogP contribution in [0.15, 0.2) is 47.3 Å². The summed E-state index contributed by atoms with van der Waals surface area (Å²) in [7, 11) is 0. The third-order valence-corrected chi connectivity index (χ3v) is 5.79. The van der Waals surface area contributed by atoms with Crippen molar-refractivity contribution in [1.82, 2.24) is 14.7 Å². The number of nitrogens with zero attached hydrogens (tertiary/aromatic N) is 2. The van der Waals surface area contributed by atoms with Crippen LogP contribution in [-0.2, 0) is 17.8 Å². The topological polar surface area (TPSA) is 67.3 Å². The van der Waals surface area contributed by atoms with Gasteiger partial charge in [-0.05, 0) is 49.2 Å². The highest BCUT2D eigenvalue weighted by Gasteiger charge is 2.26. The van der Waals surface area contributed by atoms with Crippen LogP contribution >= 0.6 is 11.6 Å². The van der Waals surface area contributed by atoms with Gasteiger partial charge in [-0.3, -0.25) is 14.7 Å². The van der Waals surface area contributed by atoms with Crippen molar-refractivity contribution in [3.63, 3.8) is 0 Å². The van der Waals surface area contributed by atoms with E-state index in [0.29, 0.717) is 29.3 Å². The van der Waals surface area contributed by atoms with Crippen LogP contribution in [0.4, 0.5) is 0 Å². The Bertz CT molecular complexity index is 1100. The highest BCUT2D eigenvalue weighted by atomic mass is 35.5. The largest absolute Gasteiger partial charge is 0.484 e. The van der Waals surface area contributed by atoms with Crippen molar-refractivity contribution in [2.45, 2.75) is 26.8 Å². The molecule has 1 aliphatic rings. The summed E-state index contributed by atoms with van der Waals surface area (Å²) in [5, 5.41) is 3.88. The molecule has 0 saturated carbocycles. The number of nitrogens with one attached hydrogen (secondary N) is 1. The van der Waals surface area contributed by atoms with Crippen LogP contribution < -0.4 is 10.3 Å². The molecular formula is C22H22ClN3O3. The fraction of sp³-hybridized carbons (Fsp3) is 0.273. The van der Waals surface area contributed by atoms with Crippen LogP contribution in [0.2, 0.25) is 5.02 Å². The molecule has 0 radical (unpaired) electrons. The molecule has 2 heterocycles. The van der Waals surface area contributed by atoms with E-state index in [9.17, 15) is 9.59 Å².